The molecule has 1 aliphatic rings. The zero-order valence-corrected chi connectivity index (χ0v) is 10.4. The molecule has 0 heterocycles. The van der Waals surface area contributed by atoms with Crippen molar-refractivity contribution >= 4 is 11.9 Å². The molecule has 1 amide bonds. The number of ether oxygens (including phenoxy) is 1. The topological polar surface area (TPSA) is 55.4 Å². The van der Waals surface area contributed by atoms with E-state index in [9.17, 15) is 9.59 Å². The standard InChI is InChI=1S/C14H17NO3/c1-10(16)15-13(12-7-8-12)14(17)18-9-11-5-3-2-4-6-11/h2-6,12-13H,7-9H2,1H3,(H,15,16)/t13-/m0/s1. The van der Waals surface area contributed by atoms with Gasteiger partial charge in [-0.2, -0.15) is 0 Å². The first kappa shape index (κ1) is 12.6. The summed E-state index contributed by atoms with van der Waals surface area (Å²) in [6, 6.07) is 9.03. The number of hydrogen-bond acceptors (Lipinski definition) is 3. The summed E-state index contributed by atoms with van der Waals surface area (Å²) in [6.07, 6.45) is 1.96. The normalized spacial score (nSPS) is 15.8. The molecule has 4 heteroatoms. The van der Waals surface area contributed by atoms with Crippen molar-refractivity contribution in [2.45, 2.75) is 32.4 Å². The van der Waals surface area contributed by atoms with Gasteiger partial charge in [-0.3, -0.25) is 4.79 Å². The van der Waals surface area contributed by atoms with Crippen LogP contribution in [0, 0.1) is 5.92 Å². The van der Waals surface area contributed by atoms with E-state index in [0.717, 1.165) is 18.4 Å². The third kappa shape index (κ3) is 3.58. The Morgan fingerprint density at radius 1 is 1.33 bits per heavy atom. The van der Waals surface area contributed by atoms with Crippen molar-refractivity contribution in [1.29, 1.82) is 0 Å². The maximum atomic E-state index is 11.9. The van der Waals surface area contributed by atoms with Crippen molar-refractivity contribution in [3.8, 4) is 0 Å². The molecule has 1 aromatic carbocycles. The number of carbonyl (C=O) groups excluding carboxylic acids is 2. The lowest BCUT2D eigenvalue weighted by Crippen LogP contribution is -2.42. The molecule has 1 atom stereocenters. The summed E-state index contributed by atoms with van der Waals surface area (Å²) >= 11 is 0. The fourth-order valence-electron chi connectivity index (χ4n) is 1.84. The van der Waals surface area contributed by atoms with E-state index in [-0.39, 0.29) is 24.4 Å². The van der Waals surface area contributed by atoms with Crippen LogP contribution in [-0.2, 0) is 20.9 Å². The highest BCUT2D eigenvalue weighted by Crippen LogP contribution is 2.33. The van der Waals surface area contributed by atoms with E-state index in [0.29, 0.717) is 0 Å². The Morgan fingerprint density at radius 2 is 2.00 bits per heavy atom. The highest BCUT2D eigenvalue weighted by molar-refractivity contribution is 5.83. The number of hydrogen-bond donors (Lipinski definition) is 1. The molecule has 1 N–H and O–H groups in total. The minimum Gasteiger partial charge on any atom is -0.459 e. The molecule has 1 aromatic rings. The van der Waals surface area contributed by atoms with Gasteiger partial charge in [0.1, 0.15) is 12.6 Å². The number of amides is 1. The second-order valence-electron chi connectivity index (χ2n) is 4.61. The second-order valence-corrected chi connectivity index (χ2v) is 4.61. The largest absolute Gasteiger partial charge is 0.459 e. The molecule has 0 aromatic heterocycles. The summed E-state index contributed by atoms with van der Waals surface area (Å²) < 4.78 is 5.24. The van der Waals surface area contributed by atoms with Gasteiger partial charge in [-0.1, -0.05) is 30.3 Å². The molecule has 0 radical (unpaired) electrons. The van der Waals surface area contributed by atoms with Gasteiger partial charge in [-0.05, 0) is 24.3 Å². The molecule has 96 valence electrons. The first-order chi connectivity index (χ1) is 8.66. The Balaban J connectivity index is 1.87. The number of rotatable bonds is 5. The molecule has 1 saturated carbocycles. The lowest BCUT2D eigenvalue weighted by molar-refractivity contribution is -0.149. The Morgan fingerprint density at radius 3 is 2.56 bits per heavy atom. The molecule has 1 aliphatic carbocycles. The zero-order valence-electron chi connectivity index (χ0n) is 10.4. The molecule has 0 aliphatic heterocycles. The maximum Gasteiger partial charge on any atom is 0.329 e. The predicted octanol–water partition coefficient (Wildman–Crippen LogP) is 1.64. The summed E-state index contributed by atoms with van der Waals surface area (Å²) in [5, 5.41) is 2.66. The number of esters is 1. The highest BCUT2D eigenvalue weighted by atomic mass is 16.5. The van der Waals surface area contributed by atoms with E-state index in [4.69, 9.17) is 4.74 Å². The monoisotopic (exact) mass is 247 g/mol. The van der Waals surface area contributed by atoms with Crippen LogP contribution in [0.2, 0.25) is 0 Å². The van der Waals surface area contributed by atoms with Gasteiger partial charge in [0.15, 0.2) is 0 Å². The van der Waals surface area contributed by atoms with E-state index >= 15 is 0 Å². The summed E-state index contributed by atoms with van der Waals surface area (Å²) in [5.41, 5.74) is 0.947. The Hall–Kier alpha value is -1.84. The van der Waals surface area contributed by atoms with Crippen molar-refractivity contribution in [2.24, 2.45) is 5.92 Å². The fraction of sp³-hybridized carbons (Fsp3) is 0.429. The quantitative estimate of drug-likeness (QED) is 0.805. The van der Waals surface area contributed by atoms with E-state index in [1.807, 2.05) is 30.3 Å². The third-order valence-corrected chi connectivity index (χ3v) is 2.93. The minimum absolute atomic E-state index is 0.191. The molecule has 4 nitrogen and oxygen atoms in total. The first-order valence-corrected chi connectivity index (χ1v) is 6.14. The molecular weight excluding hydrogens is 230 g/mol. The van der Waals surface area contributed by atoms with E-state index in [2.05, 4.69) is 5.32 Å². The fourth-order valence-corrected chi connectivity index (χ4v) is 1.84. The Labute approximate surface area is 106 Å². The van der Waals surface area contributed by atoms with Gasteiger partial charge in [0.05, 0.1) is 0 Å². The molecule has 0 spiro atoms. The molecule has 18 heavy (non-hydrogen) atoms. The second kappa shape index (κ2) is 5.67. The van der Waals surface area contributed by atoms with Gasteiger partial charge < -0.3 is 10.1 Å². The SMILES string of the molecule is CC(=O)N[C@H](C(=O)OCc1ccccc1)C1CC1. The van der Waals surface area contributed by atoms with Crippen molar-refractivity contribution in [3.05, 3.63) is 35.9 Å². The van der Waals surface area contributed by atoms with Gasteiger partial charge in [-0.15, -0.1) is 0 Å². The van der Waals surface area contributed by atoms with Crippen molar-refractivity contribution < 1.29 is 14.3 Å². The number of benzene rings is 1. The van der Waals surface area contributed by atoms with E-state index < -0.39 is 6.04 Å². The maximum absolute atomic E-state index is 11.9. The molecule has 0 saturated heterocycles. The average Bonchev–Trinajstić information content (AvgIpc) is 3.18. The van der Waals surface area contributed by atoms with Gasteiger partial charge in [-0.25, -0.2) is 4.79 Å². The van der Waals surface area contributed by atoms with Crippen LogP contribution in [0.15, 0.2) is 30.3 Å². The van der Waals surface area contributed by atoms with Crippen LogP contribution in [0.4, 0.5) is 0 Å². The lowest BCUT2D eigenvalue weighted by Gasteiger charge is -2.16. The van der Waals surface area contributed by atoms with Crippen LogP contribution in [0.5, 0.6) is 0 Å². The predicted molar refractivity (Wildman–Crippen MR) is 66.6 cm³/mol. The lowest BCUT2D eigenvalue weighted by atomic mass is 10.2. The molecule has 1 fully saturated rings. The highest BCUT2D eigenvalue weighted by Gasteiger charge is 2.37. The Kier molecular flexibility index (Phi) is 3.97. The van der Waals surface area contributed by atoms with Gasteiger partial charge in [0.25, 0.3) is 0 Å². The van der Waals surface area contributed by atoms with Gasteiger partial charge >= 0.3 is 5.97 Å². The minimum atomic E-state index is -0.480. The van der Waals surface area contributed by atoms with Crippen molar-refractivity contribution in [3.63, 3.8) is 0 Å². The smallest absolute Gasteiger partial charge is 0.329 e. The Bertz CT molecular complexity index is 426. The van der Waals surface area contributed by atoms with Crippen molar-refractivity contribution in [2.75, 3.05) is 0 Å². The summed E-state index contributed by atoms with van der Waals surface area (Å²) in [7, 11) is 0. The van der Waals surface area contributed by atoms with Crippen LogP contribution >= 0.6 is 0 Å². The van der Waals surface area contributed by atoms with Crippen LogP contribution in [0.1, 0.15) is 25.3 Å². The van der Waals surface area contributed by atoms with Gasteiger partial charge in [0, 0.05) is 6.92 Å². The molecule has 2 rings (SSSR count). The summed E-state index contributed by atoms with van der Waals surface area (Å²) in [6.45, 7) is 1.67. The third-order valence-electron chi connectivity index (χ3n) is 2.93. The average molecular weight is 247 g/mol. The van der Waals surface area contributed by atoms with Crippen LogP contribution in [0.3, 0.4) is 0 Å². The van der Waals surface area contributed by atoms with Crippen LogP contribution < -0.4 is 5.32 Å². The summed E-state index contributed by atoms with van der Waals surface area (Å²) in [5.74, 6) is -0.280. The molecular formula is C14H17NO3. The van der Waals surface area contributed by atoms with E-state index in [1.165, 1.54) is 6.92 Å². The summed E-state index contributed by atoms with van der Waals surface area (Å²) in [4.78, 5) is 22.9. The van der Waals surface area contributed by atoms with Crippen molar-refractivity contribution in [1.82, 2.24) is 5.32 Å². The van der Waals surface area contributed by atoms with Crippen LogP contribution in [0.25, 0.3) is 0 Å². The molecule has 0 unspecified atom stereocenters. The van der Waals surface area contributed by atoms with Gasteiger partial charge in [0.2, 0.25) is 5.91 Å². The number of nitrogens with one attached hydrogen (secondary N) is 1. The van der Waals surface area contributed by atoms with Crippen LogP contribution in [-0.4, -0.2) is 17.9 Å². The first-order valence-electron chi connectivity index (χ1n) is 6.14. The molecule has 0 bridgehead atoms. The van der Waals surface area contributed by atoms with E-state index in [1.54, 1.807) is 0 Å². The number of carbonyl (C=O) groups is 2. The zero-order chi connectivity index (χ0) is 13.0.